The molecule has 0 bridgehead atoms. The zero-order chi connectivity index (χ0) is 28.3. The Bertz CT molecular complexity index is 1510. The maximum Gasteiger partial charge on any atom is 0.416 e. The van der Waals surface area contributed by atoms with E-state index in [4.69, 9.17) is 9.47 Å². The first-order valence-electron chi connectivity index (χ1n) is 12.0. The van der Waals surface area contributed by atoms with Crippen LogP contribution >= 0.6 is 0 Å². The van der Waals surface area contributed by atoms with Gasteiger partial charge in [0.15, 0.2) is 18.0 Å². The average Bonchev–Trinajstić information content (AvgIpc) is 3.20. The summed E-state index contributed by atoms with van der Waals surface area (Å²) < 4.78 is 53.2. The monoisotopic (exact) mass is 541 g/mol. The number of hydrogen-bond donors (Lipinski definition) is 1. The number of carbonyl (C=O) groups is 1. The molecule has 2 atom stereocenters. The van der Waals surface area contributed by atoms with Crippen LogP contribution < -0.4 is 15.2 Å². The molecule has 2 unspecified atom stereocenters. The second-order valence-corrected chi connectivity index (χ2v) is 8.85. The van der Waals surface area contributed by atoms with Gasteiger partial charge in [0.2, 0.25) is 0 Å². The van der Waals surface area contributed by atoms with E-state index in [0.717, 1.165) is 16.8 Å². The number of benzene rings is 3. The van der Waals surface area contributed by atoms with E-state index in [9.17, 15) is 27.9 Å². The number of aryl methyl sites for hydroxylation is 1. The summed E-state index contributed by atoms with van der Waals surface area (Å²) in [4.78, 5) is 24.4. The van der Waals surface area contributed by atoms with E-state index in [2.05, 4.69) is 5.10 Å². The number of hydrogen-bond acceptors (Lipinski definition) is 5. The Hall–Kier alpha value is -4.54. The van der Waals surface area contributed by atoms with Crippen molar-refractivity contribution in [1.82, 2.24) is 14.3 Å². The van der Waals surface area contributed by atoms with Crippen LogP contribution in [0.4, 0.5) is 13.2 Å². The third-order valence-corrected chi connectivity index (χ3v) is 6.11. The molecule has 3 aromatic carbocycles. The molecule has 0 saturated heterocycles. The van der Waals surface area contributed by atoms with Crippen LogP contribution in [0.25, 0.3) is 5.69 Å². The Morgan fingerprint density at radius 2 is 1.69 bits per heavy atom. The third kappa shape index (κ3) is 5.97. The predicted octanol–water partition coefficient (Wildman–Crippen LogP) is 5.31. The number of halogens is 3. The van der Waals surface area contributed by atoms with Gasteiger partial charge in [0.05, 0.1) is 11.3 Å². The van der Waals surface area contributed by atoms with Crippen LogP contribution in [0.1, 0.15) is 42.0 Å². The number of ether oxygens (including phenoxy) is 2. The Morgan fingerprint density at radius 3 is 2.26 bits per heavy atom. The summed E-state index contributed by atoms with van der Waals surface area (Å²) in [5.74, 6) is -0.0348. The lowest BCUT2D eigenvalue weighted by atomic mass is 10.1. The highest BCUT2D eigenvalue weighted by molar-refractivity contribution is 5.72. The van der Waals surface area contributed by atoms with Gasteiger partial charge >= 0.3 is 17.8 Å². The van der Waals surface area contributed by atoms with Crippen molar-refractivity contribution in [2.24, 2.45) is 7.05 Å². The topological polar surface area (TPSA) is 95.6 Å². The second-order valence-electron chi connectivity index (χ2n) is 8.85. The minimum absolute atomic E-state index is 0.170. The van der Waals surface area contributed by atoms with Crippen LogP contribution in [0.5, 0.6) is 11.5 Å². The van der Waals surface area contributed by atoms with Gasteiger partial charge in [-0.2, -0.15) is 17.9 Å². The van der Waals surface area contributed by atoms with Gasteiger partial charge in [-0.1, -0.05) is 37.3 Å². The Balaban J connectivity index is 1.71. The Morgan fingerprint density at radius 1 is 1.03 bits per heavy atom. The molecule has 0 radical (unpaired) electrons. The van der Waals surface area contributed by atoms with Crippen molar-refractivity contribution in [3.8, 4) is 17.2 Å². The molecule has 0 aliphatic carbocycles. The van der Waals surface area contributed by atoms with E-state index in [1.165, 1.54) is 23.7 Å². The van der Waals surface area contributed by atoms with Crippen molar-refractivity contribution in [3.63, 3.8) is 0 Å². The maximum absolute atomic E-state index is 13.1. The molecule has 0 aliphatic heterocycles. The SMILES string of the molecule is CCC(Oc1ccc(OC(c2ccccc2)c2nn(-c3ccc(C(F)(F)F)cc3)c(=O)n2C)c(C)c1)C(=O)O. The molecule has 0 fully saturated rings. The number of rotatable bonds is 9. The number of aliphatic carboxylic acids is 1. The van der Waals surface area contributed by atoms with Crippen LogP contribution in [-0.2, 0) is 18.0 Å². The minimum Gasteiger partial charge on any atom is -0.479 e. The van der Waals surface area contributed by atoms with Gasteiger partial charge in [-0.25, -0.2) is 9.59 Å². The largest absolute Gasteiger partial charge is 0.479 e. The van der Waals surface area contributed by atoms with Gasteiger partial charge in [-0.05, 0) is 61.4 Å². The summed E-state index contributed by atoms with van der Waals surface area (Å²) in [5.41, 5.74) is 0.109. The molecule has 4 rings (SSSR count). The number of carboxylic acids is 1. The lowest BCUT2D eigenvalue weighted by molar-refractivity contribution is -0.145. The van der Waals surface area contributed by atoms with E-state index in [1.54, 1.807) is 56.3 Å². The molecule has 4 aromatic rings. The number of aromatic nitrogens is 3. The fourth-order valence-electron chi connectivity index (χ4n) is 3.97. The van der Waals surface area contributed by atoms with E-state index in [0.29, 0.717) is 29.0 Å². The predicted molar refractivity (Wildman–Crippen MR) is 136 cm³/mol. The first-order valence-corrected chi connectivity index (χ1v) is 12.0. The fourth-order valence-corrected chi connectivity index (χ4v) is 3.97. The zero-order valence-corrected chi connectivity index (χ0v) is 21.3. The van der Waals surface area contributed by atoms with Crippen molar-refractivity contribution < 1.29 is 32.5 Å². The lowest BCUT2D eigenvalue weighted by Gasteiger charge is -2.21. The van der Waals surface area contributed by atoms with Crippen molar-refractivity contribution in [2.75, 3.05) is 0 Å². The highest BCUT2D eigenvalue weighted by Gasteiger charge is 2.30. The first kappa shape index (κ1) is 27.5. The molecule has 204 valence electrons. The maximum atomic E-state index is 13.1. The summed E-state index contributed by atoms with van der Waals surface area (Å²) in [6, 6.07) is 18.1. The summed E-state index contributed by atoms with van der Waals surface area (Å²) >= 11 is 0. The van der Waals surface area contributed by atoms with E-state index in [-0.39, 0.29) is 11.5 Å². The smallest absolute Gasteiger partial charge is 0.416 e. The Labute approximate surface area is 221 Å². The average molecular weight is 542 g/mol. The molecule has 0 aliphatic rings. The second kappa shape index (κ2) is 11.1. The number of carboxylic acid groups (broad SMARTS) is 1. The van der Waals surface area contributed by atoms with Gasteiger partial charge in [0, 0.05) is 12.6 Å². The molecular formula is C28H26F3N3O5. The number of alkyl halides is 3. The van der Waals surface area contributed by atoms with Crippen molar-refractivity contribution in [2.45, 2.75) is 38.7 Å². The molecule has 1 N–H and O–H groups in total. The van der Waals surface area contributed by atoms with Gasteiger partial charge in [0.1, 0.15) is 11.5 Å². The van der Waals surface area contributed by atoms with Gasteiger partial charge in [-0.3, -0.25) is 4.57 Å². The lowest BCUT2D eigenvalue weighted by Crippen LogP contribution is -2.25. The van der Waals surface area contributed by atoms with Crippen LogP contribution in [0.15, 0.2) is 77.6 Å². The molecular weight excluding hydrogens is 515 g/mol. The van der Waals surface area contributed by atoms with Gasteiger partial charge in [-0.15, -0.1) is 5.10 Å². The van der Waals surface area contributed by atoms with E-state index < -0.39 is 35.6 Å². The summed E-state index contributed by atoms with van der Waals surface area (Å²) in [6.45, 7) is 3.48. The molecule has 1 heterocycles. The van der Waals surface area contributed by atoms with Crippen LogP contribution in [0.3, 0.4) is 0 Å². The molecule has 39 heavy (non-hydrogen) atoms. The normalized spacial score (nSPS) is 13.1. The van der Waals surface area contributed by atoms with Crippen molar-refractivity contribution >= 4 is 5.97 Å². The van der Waals surface area contributed by atoms with Crippen LogP contribution in [0, 0.1) is 6.92 Å². The molecule has 0 saturated carbocycles. The first-order chi connectivity index (χ1) is 18.5. The number of nitrogens with zero attached hydrogens (tertiary/aromatic N) is 3. The minimum atomic E-state index is -4.51. The summed E-state index contributed by atoms with van der Waals surface area (Å²) in [6.07, 6.45) is -6.06. The highest BCUT2D eigenvalue weighted by atomic mass is 19.4. The Kier molecular flexibility index (Phi) is 7.80. The van der Waals surface area contributed by atoms with Crippen molar-refractivity contribution in [1.29, 1.82) is 0 Å². The summed E-state index contributed by atoms with van der Waals surface area (Å²) in [7, 11) is 1.51. The van der Waals surface area contributed by atoms with Crippen LogP contribution in [-0.4, -0.2) is 31.5 Å². The van der Waals surface area contributed by atoms with E-state index in [1.807, 2.05) is 6.07 Å². The van der Waals surface area contributed by atoms with Gasteiger partial charge < -0.3 is 14.6 Å². The molecule has 8 nitrogen and oxygen atoms in total. The summed E-state index contributed by atoms with van der Waals surface area (Å²) in [5, 5.41) is 13.7. The molecule has 1 aromatic heterocycles. The zero-order valence-electron chi connectivity index (χ0n) is 21.3. The standard InChI is InChI=1S/C28H26F3N3O5/c1-4-22(26(35)36)38-21-14-15-23(17(2)16-21)39-24(18-8-6-5-7-9-18)25-32-34(27(37)33(25)3)20-12-10-19(11-13-20)28(29,30)31/h5-16,22,24H,4H2,1-3H3,(H,35,36). The van der Waals surface area contributed by atoms with E-state index >= 15 is 0 Å². The van der Waals surface area contributed by atoms with Crippen LogP contribution in [0.2, 0.25) is 0 Å². The van der Waals surface area contributed by atoms with Crippen molar-refractivity contribution in [3.05, 3.63) is 106 Å². The quantitative estimate of drug-likeness (QED) is 0.309. The van der Waals surface area contributed by atoms with Gasteiger partial charge in [0.25, 0.3) is 0 Å². The molecule has 0 amide bonds. The third-order valence-electron chi connectivity index (χ3n) is 6.11. The fraction of sp³-hybridized carbons (Fsp3) is 0.250. The molecule has 11 heteroatoms. The highest BCUT2D eigenvalue weighted by Crippen LogP contribution is 2.32. The molecule has 0 spiro atoms.